The van der Waals surface area contributed by atoms with Crippen molar-refractivity contribution in [3.8, 4) is 22.8 Å². The van der Waals surface area contributed by atoms with Gasteiger partial charge < -0.3 is 33.1 Å². The van der Waals surface area contributed by atoms with E-state index in [4.69, 9.17) is 82.6 Å². The molecule has 2 aliphatic rings. The Kier molecular flexibility index (Phi) is 45.4. The smallest absolute Gasteiger partial charge is 0.744 e. The predicted molar refractivity (Wildman–Crippen MR) is 456 cm³/mol. The van der Waals surface area contributed by atoms with Crippen LogP contribution in [-0.4, -0.2) is 55.5 Å². The molecule has 29 heteroatoms. The van der Waals surface area contributed by atoms with Gasteiger partial charge in [0.15, 0.2) is 49.4 Å². The van der Waals surface area contributed by atoms with E-state index < -0.39 is 56.6 Å². The SMILES string of the molecule is C1CCCC1.C1CCCC1.CC(C)(C)c1ccc([I+]c2ccc(C(C)(C)C)cc2)cc1.Cc1ccc(S(=O)(=O)[O-])cc1.ClC(Cl)(Cl)c1nc(-c2ccccc2)nc(C(Cl)(Cl)Cl)n1.Fc1[c-]c(F)c(-n2cccc2)cc1.Fc1[c-]c(F)cc(-n2cccc2)c1.O=S(=O)([O-])C(F)(F)F.[CH3-].[CH3-].[Ti+4].c1ccc([S+](c2ccccc2)c2ccccc2)cc1. The van der Waals surface area contributed by atoms with Crippen LogP contribution >= 0.6 is 69.6 Å². The summed E-state index contributed by atoms with van der Waals surface area (Å²) in [7, 11) is -10.4. The minimum Gasteiger partial charge on any atom is -0.744 e. The van der Waals surface area contributed by atoms with Gasteiger partial charge in [-0.25, -0.2) is 49.3 Å². The van der Waals surface area contributed by atoms with E-state index in [-0.39, 0.29) is 102 Å². The van der Waals surface area contributed by atoms with Gasteiger partial charge in [0.1, 0.15) is 10.1 Å². The van der Waals surface area contributed by atoms with E-state index in [2.05, 4.69) is 196 Å². The van der Waals surface area contributed by atoms with Crippen LogP contribution in [0.2, 0.25) is 0 Å². The molecule has 11 nitrogen and oxygen atoms in total. The summed E-state index contributed by atoms with van der Waals surface area (Å²) >= 11 is 34.7. The Hall–Kier alpha value is -6.59. The van der Waals surface area contributed by atoms with Crippen molar-refractivity contribution < 1.29 is 99.6 Å². The quantitative estimate of drug-likeness (QED) is 0.0200. The van der Waals surface area contributed by atoms with Crippen molar-refractivity contribution in [1.29, 1.82) is 0 Å². The summed E-state index contributed by atoms with van der Waals surface area (Å²) in [6, 6.07) is 81.4. The fourth-order valence-corrected chi connectivity index (χ4v) is 15.6. The van der Waals surface area contributed by atoms with Gasteiger partial charge in [-0.15, -0.1) is 36.4 Å². The molecule has 3 heterocycles. The van der Waals surface area contributed by atoms with E-state index in [0.717, 1.165) is 5.56 Å². The van der Waals surface area contributed by atoms with Gasteiger partial charge in [0.2, 0.25) is 7.59 Å². The van der Waals surface area contributed by atoms with Gasteiger partial charge in [0.25, 0.3) is 0 Å². The minimum absolute atomic E-state index is 0. The first-order valence-electron chi connectivity index (χ1n) is 35.8. The Bertz CT molecular complexity index is 4860. The van der Waals surface area contributed by atoms with Crippen molar-refractivity contribution in [1.82, 2.24) is 24.1 Å². The molecule has 0 amide bonds. The minimum atomic E-state index is -6.09. The molecule has 0 N–H and O–H groups in total. The molecule has 0 spiro atoms. The van der Waals surface area contributed by atoms with Crippen molar-refractivity contribution >= 4 is 101 Å². The van der Waals surface area contributed by atoms with E-state index in [0.29, 0.717) is 16.9 Å². The van der Waals surface area contributed by atoms with E-state index in [1.165, 1.54) is 134 Å². The Morgan fingerprint density at radius 2 is 0.763 bits per heavy atom. The van der Waals surface area contributed by atoms with E-state index in [9.17, 15) is 43.7 Å². The van der Waals surface area contributed by atoms with Gasteiger partial charge in [0, 0.05) is 41.2 Å². The fourth-order valence-electron chi connectivity index (χ4n) is 10.3. The third kappa shape index (κ3) is 38.2. The number of aromatic nitrogens is 5. The molecule has 0 unspecified atom stereocenters. The second-order valence-corrected chi connectivity index (χ2v) is 39.8. The maximum absolute atomic E-state index is 13.1. The van der Waals surface area contributed by atoms with E-state index in [1.54, 1.807) is 82.5 Å². The number of halogens is 14. The van der Waals surface area contributed by atoms with Gasteiger partial charge in [0.05, 0.1) is 15.8 Å². The zero-order valence-corrected chi connectivity index (χ0v) is 76.9. The predicted octanol–water partition coefficient (Wildman–Crippen LogP) is 23.2. The van der Waals surface area contributed by atoms with E-state index in [1.807, 2.05) is 37.3 Å². The van der Waals surface area contributed by atoms with Crippen LogP contribution in [0.15, 0.2) is 287 Å². The monoisotopic (exact) mass is 1940 g/mol. The Morgan fingerprint density at radius 3 is 1.07 bits per heavy atom. The Balaban J connectivity index is 0.000000352. The zero-order chi connectivity index (χ0) is 84.6. The molecule has 2 aliphatic carbocycles. The number of alkyl halides is 9. The summed E-state index contributed by atoms with van der Waals surface area (Å²) in [6.45, 7) is 15.4. The first-order valence-corrected chi connectivity index (χ1v) is 44.3. The maximum atomic E-state index is 13.1. The van der Waals surface area contributed by atoms with Crippen LogP contribution in [0.5, 0.6) is 0 Å². The Morgan fingerprint density at radius 1 is 0.432 bits per heavy atom. The van der Waals surface area contributed by atoms with Gasteiger partial charge in [-0.2, -0.15) is 13.2 Å². The third-order valence-electron chi connectivity index (χ3n) is 16.3. The molecule has 0 atom stereocenters. The van der Waals surface area contributed by atoms with Crippen LogP contribution in [0.3, 0.4) is 0 Å². The van der Waals surface area contributed by atoms with Crippen molar-refractivity contribution in [2.24, 2.45) is 0 Å². The molecular formula is C89H91Cl6F7IN5O6S3Ti. The average molecular weight is 1940 g/mol. The molecule has 2 saturated carbocycles. The normalized spacial score (nSPS) is 12.4. The molecule has 0 bridgehead atoms. The summed E-state index contributed by atoms with van der Waals surface area (Å²) in [5, 5.41) is 0. The second kappa shape index (κ2) is 50.7. The fraction of sp³-hybridized carbons (Fsp3) is 0.247. The third-order valence-corrected chi connectivity index (χ3v) is 23.6. The summed E-state index contributed by atoms with van der Waals surface area (Å²) in [4.78, 5) is 16.0. The molecule has 628 valence electrons. The molecule has 2 fully saturated rings. The van der Waals surface area contributed by atoms with Crippen LogP contribution in [0.4, 0.5) is 30.7 Å². The van der Waals surface area contributed by atoms with Crippen molar-refractivity contribution in [3.63, 3.8) is 0 Å². The summed E-state index contributed by atoms with van der Waals surface area (Å²) in [6.07, 6.45) is 21.8. The number of rotatable bonds is 9. The van der Waals surface area contributed by atoms with Gasteiger partial charge in [-0.05, 0) is 144 Å². The summed E-state index contributed by atoms with van der Waals surface area (Å²) < 4.78 is 144. The molecule has 0 aliphatic heterocycles. The number of aryl methyl sites for hydroxylation is 1. The van der Waals surface area contributed by atoms with Crippen molar-refractivity contribution in [2.75, 3.05) is 0 Å². The van der Waals surface area contributed by atoms with Gasteiger partial charge in [-0.1, -0.05) is 308 Å². The number of hydrogen-bond donors (Lipinski definition) is 0. The summed E-state index contributed by atoms with van der Waals surface area (Å²) in [5.41, 5.74) is 0.0313. The van der Waals surface area contributed by atoms with Crippen LogP contribution in [-0.2, 0) is 71.3 Å². The first-order chi connectivity index (χ1) is 54.1. The summed E-state index contributed by atoms with van der Waals surface area (Å²) in [5.74, 6) is -2.73. The molecule has 3 aromatic heterocycles. The molecule has 0 radical (unpaired) electrons. The van der Waals surface area contributed by atoms with Gasteiger partial charge >= 0.3 is 48.4 Å². The standard InChI is InChI=1S/C20H26I.C18H15S.C11H5Cl6N3.2C10H6F2N.C7H8O3S.2C5H10.CHF3O3S.2CH3.Ti/c1-19(2,3)15-7-11-17(12-8-15)21-18-13-9-16(10-14-18)20(4,5)6;1-4-10-16(11-5-1)19(17-12-6-2-7-13-17)18-14-8-3-9-15-18;12-10(13,14)8-18-7(6-4-2-1-3-5-6)19-9(20-8)11(15,16)17;11-8-3-4-10(9(12)7-8)13-5-1-2-6-13;11-8-5-9(12)7-10(6-8)13-3-1-2-4-13;1-6-2-4-7(5-3-6)11(8,9)10;2*1-2-4-5-3-1;2-1(3,4)8(5,6)7;;;/h7-14H,1-6H3;1-15H;1-5H;1-6H;1-4,6-7H;2-5H,1H3,(H,8,9,10);2*1-5H2;(H,5,6,7);2*1H3;/q2*+1;;2*-1;;;;;2*-1;+4/p-2. The first kappa shape index (κ1) is 106. The number of nitrogens with zero attached hydrogens (tertiary/aromatic N) is 5. The molecule has 0 saturated heterocycles. The number of hydrogen-bond acceptors (Lipinski definition) is 9. The van der Waals surface area contributed by atoms with Crippen molar-refractivity contribution in [2.45, 2.75) is 156 Å². The molecular weight excluding hydrogens is 1850 g/mol. The topological polar surface area (TPSA) is 163 Å². The van der Waals surface area contributed by atoms with Gasteiger partial charge in [-0.3, -0.25) is 0 Å². The second-order valence-electron chi connectivity index (χ2n) is 27.4. The molecule has 9 aromatic carbocycles. The Labute approximate surface area is 749 Å². The molecule has 12 aromatic rings. The number of benzene rings is 9. The van der Waals surface area contributed by atoms with E-state index >= 15 is 0 Å². The molecule has 118 heavy (non-hydrogen) atoms. The zero-order valence-electron chi connectivity index (χ0n) is 66.2. The molecule has 14 rings (SSSR count). The van der Waals surface area contributed by atoms with Crippen LogP contribution < -0.4 is 21.2 Å². The largest absolute Gasteiger partial charge is 4.00 e. The van der Waals surface area contributed by atoms with Crippen LogP contribution in [0.25, 0.3) is 22.8 Å². The maximum Gasteiger partial charge on any atom is 4.00 e. The van der Waals surface area contributed by atoms with Crippen LogP contribution in [0, 0.1) is 64.3 Å². The van der Waals surface area contributed by atoms with Crippen LogP contribution in [0.1, 0.15) is 134 Å². The van der Waals surface area contributed by atoms with Crippen molar-refractivity contribution in [3.05, 3.63) is 353 Å². The average Bonchev–Trinajstić information content (AvgIpc) is 1.45.